The van der Waals surface area contributed by atoms with Crippen LogP contribution in [-0.2, 0) is 7.05 Å². The van der Waals surface area contributed by atoms with Crippen LogP contribution in [0.2, 0.25) is 0 Å². The van der Waals surface area contributed by atoms with Crippen LogP contribution in [0.5, 0.6) is 0 Å². The average molecular weight is 485 g/mol. The Bertz CT molecular complexity index is 1010. The maximum Gasteiger partial charge on any atom is 0.284 e. The molecule has 1 N–H and O–H groups in total. The fraction of sp³-hybridized carbons (Fsp3) is 0.545. The third-order valence-corrected chi connectivity index (χ3v) is 4.74. The molecule has 0 atom stereocenters. The third-order valence-electron chi connectivity index (χ3n) is 4.74. The maximum atomic E-state index is 13.1. The van der Waals surface area contributed by atoms with E-state index in [0.717, 1.165) is 32.0 Å². The van der Waals surface area contributed by atoms with Crippen molar-refractivity contribution in [3.8, 4) is 0 Å². The van der Waals surface area contributed by atoms with Crippen molar-refractivity contribution in [1.29, 1.82) is 0 Å². The lowest BCUT2D eigenvalue weighted by Gasteiger charge is -2.33. The quantitative estimate of drug-likeness (QED) is 0.602. The number of fused-ring (bicyclic) bond motifs is 1. The summed E-state index contributed by atoms with van der Waals surface area (Å²) in [5.41, 5.74) is 0.0759. The van der Waals surface area contributed by atoms with Crippen LogP contribution >= 0.6 is 0 Å². The summed E-state index contributed by atoms with van der Waals surface area (Å²) in [6, 6.07) is 1.85. The van der Waals surface area contributed by atoms with Crippen LogP contribution in [0, 0.1) is 0 Å². The highest BCUT2D eigenvalue weighted by atomic mass is 19.3. The minimum atomic E-state index is -2.79. The number of hydrogen-bond donors (Lipinski definition) is 1. The summed E-state index contributed by atoms with van der Waals surface area (Å²) in [6.45, 7) is 11.5. The van der Waals surface area contributed by atoms with Gasteiger partial charge in [0.05, 0.1) is 19.1 Å². The number of aromatic nitrogens is 5. The van der Waals surface area contributed by atoms with E-state index in [-0.39, 0.29) is 11.3 Å². The lowest BCUT2D eigenvalue weighted by atomic mass is 10.3. The summed E-state index contributed by atoms with van der Waals surface area (Å²) in [7, 11) is 4.08. The van der Waals surface area contributed by atoms with Crippen molar-refractivity contribution in [2.75, 3.05) is 50.6 Å². The molecule has 4 rings (SSSR count). The van der Waals surface area contributed by atoms with Gasteiger partial charge in [0, 0.05) is 45.6 Å². The van der Waals surface area contributed by atoms with Gasteiger partial charge in [0.25, 0.3) is 12.3 Å². The largest absolute Gasteiger partial charge is 0.354 e. The van der Waals surface area contributed by atoms with Crippen molar-refractivity contribution in [3.05, 3.63) is 35.9 Å². The van der Waals surface area contributed by atoms with E-state index >= 15 is 0 Å². The SMILES string of the molecule is CC.CC.CF.CN1CCN(c2ccn3ncc(C(=O)Nc4cn(C)nc4C(F)F)c3n2)CC1. The van der Waals surface area contributed by atoms with Gasteiger partial charge in [-0.05, 0) is 13.1 Å². The number of hydrogen-bond acceptors (Lipinski definition) is 6. The number of likely N-dealkylation sites (N-methyl/N-ethyl adjacent to an activating group) is 1. The summed E-state index contributed by atoms with van der Waals surface area (Å²) < 4.78 is 38.4. The maximum absolute atomic E-state index is 13.1. The third kappa shape index (κ3) is 6.92. The minimum Gasteiger partial charge on any atom is -0.354 e. The molecule has 1 aliphatic heterocycles. The molecule has 1 aliphatic rings. The molecule has 190 valence electrons. The van der Waals surface area contributed by atoms with E-state index in [2.05, 4.69) is 37.3 Å². The molecule has 1 amide bonds. The van der Waals surface area contributed by atoms with Gasteiger partial charge in [0.1, 0.15) is 11.4 Å². The number of alkyl halides is 3. The van der Waals surface area contributed by atoms with Crippen LogP contribution in [0.4, 0.5) is 24.7 Å². The van der Waals surface area contributed by atoms with E-state index < -0.39 is 18.0 Å². The summed E-state index contributed by atoms with van der Waals surface area (Å²) >= 11 is 0. The van der Waals surface area contributed by atoms with Crippen molar-refractivity contribution < 1.29 is 18.0 Å². The first-order valence-electron chi connectivity index (χ1n) is 11.2. The molecule has 0 radical (unpaired) electrons. The molecule has 3 aromatic rings. The van der Waals surface area contributed by atoms with E-state index in [1.165, 1.54) is 28.6 Å². The van der Waals surface area contributed by atoms with Crippen molar-refractivity contribution in [3.63, 3.8) is 0 Å². The number of amides is 1. The molecule has 0 aromatic carbocycles. The molecule has 0 spiro atoms. The average Bonchev–Trinajstić information content (AvgIpc) is 3.46. The number of anilines is 2. The van der Waals surface area contributed by atoms with Crippen LogP contribution in [0.1, 0.15) is 50.2 Å². The Kier molecular flexibility index (Phi) is 12.1. The summed E-state index contributed by atoms with van der Waals surface area (Å²) in [4.78, 5) is 21.7. The predicted octanol–water partition coefficient (Wildman–Crippen LogP) is 4.04. The Morgan fingerprint density at radius 1 is 1.06 bits per heavy atom. The zero-order valence-electron chi connectivity index (χ0n) is 20.9. The molecular weight excluding hydrogens is 449 g/mol. The number of nitrogens with zero attached hydrogens (tertiary/aromatic N) is 7. The van der Waals surface area contributed by atoms with E-state index in [1.54, 1.807) is 6.20 Å². The number of rotatable bonds is 4. The lowest BCUT2D eigenvalue weighted by Crippen LogP contribution is -2.44. The molecule has 1 saturated heterocycles. The zero-order valence-corrected chi connectivity index (χ0v) is 20.9. The number of carbonyl (C=O) groups excluding carboxylic acids is 1. The van der Waals surface area contributed by atoms with E-state index in [9.17, 15) is 18.0 Å². The first kappa shape index (κ1) is 28.9. The number of halogens is 3. The van der Waals surface area contributed by atoms with Crippen LogP contribution in [0.25, 0.3) is 5.65 Å². The van der Waals surface area contributed by atoms with Gasteiger partial charge in [-0.15, -0.1) is 0 Å². The normalized spacial score (nSPS) is 13.3. The van der Waals surface area contributed by atoms with Gasteiger partial charge in [-0.2, -0.15) is 10.2 Å². The van der Waals surface area contributed by atoms with Gasteiger partial charge >= 0.3 is 0 Å². The highest BCUT2D eigenvalue weighted by molar-refractivity contribution is 6.08. The number of carbonyl (C=O) groups is 1. The van der Waals surface area contributed by atoms with Gasteiger partial charge in [0.2, 0.25) is 0 Å². The van der Waals surface area contributed by atoms with Gasteiger partial charge in [0.15, 0.2) is 11.3 Å². The molecule has 3 aromatic heterocycles. The molecule has 0 unspecified atom stereocenters. The number of aryl methyl sites for hydroxylation is 1. The Labute approximate surface area is 198 Å². The van der Waals surface area contributed by atoms with Crippen molar-refractivity contribution >= 4 is 23.1 Å². The second kappa shape index (κ2) is 14.2. The molecule has 0 aliphatic carbocycles. The Balaban J connectivity index is 0.000000894. The fourth-order valence-corrected chi connectivity index (χ4v) is 3.18. The second-order valence-electron chi connectivity index (χ2n) is 6.76. The molecule has 12 heteroatoms. The molecule has 0 bridgehead atoms. The lowest BCUT2D eigenvalue weighted by molar-refractivity contribution is 0.102. The molecule has 4 heterocycles. The van der Waals surface area contributed by atoms with Crippen LogP contribution in [0.3, 0.4) is 0 Å². The first-order chi connectivity index (χ1) is 16.4. The minimum absolute atomic E-state index is 0.0305. The standard InChI is InChI=1S/C17H20F2N8O.2C2H6.CH3F/c1-24-5-7-26(8-6-24)13-3-4-27-16(22-13)11(9-20-27)17(28)21-12-10-25(2)23-14(12)15(18)19;3*1-2/h3-4,9-10,15H,5-8H2,1-2H3,(H,21,28);2*1-2H3;1H3. The predicted molar refractivity (Wildman–Crippen MR) is 129 cm³/mol. The zero-order chi connectivity index (χ0) is 25.8. The Hall–Kier alpha value is -3.15. The molecule has 34 heavy (non-hydrogen) atoms. The molecule has 0 saturated carbocycles. The van der Waals surface area contributed by atoms with Gasteiger partial charge in [-0.25, -0.2) is 18.3 Å². The first-order valence-corrected chi connectivity index (χ1v) is 11.2. The Morgan fingerprint density at radius 2 is 1.68 bits per heavy atom. The monoisotopic (exact) mass is 484 g/mol. The van der Waals surface area contributed by atoms with Crippen LogP contribution in [0.15, 0.2) is 24.7 Å². The Morgan fingerprint density at radius 3 is 2.26 bits per heavy atom. The summed E-state index contributed by atoms with van der Waals surface area (Å²) in [5.74, 6) is 0.192. The summed E-state index contributed by atoms with van der Waals surface area (Å²) in [5, 5.41) is 10.3. The van der Waals surface area contributed by atoms with Crippen LogP contribution < -0.4 is 10.2 Å². The fourth-order valence-electron chi connectivity index (χ4n) is 3.18. The van der Waals surface area contributed by atoms with Gasteiger partial charge < -0.3 is 15.1 Å². The van der Waals surface area contributed by atoms with Gasteiger partial charge in [-0.1, -0.05) is 27.7 Å². The van der Waals surface area contributed by atoms with E-state index in [4.69, 9.17) is 0 Å². The van der Waals surface area contributed by atoms with E-state index in [0.29, 0.717) is 12.8 Å². The highest BCUT2D eigenvalue weighted by Crippen LogP contribution is 2.26. The van der Waals surface area contributed by atoms with Crippen molar-refractivity contribution in [2.24, 2.45) is 7.05 Å². The molecule has 9 nitrogen and oxygen atoms in total. The highest BCUT2D eigenvalue weighted by Gasteiger charge is 2.22. The topological polar surface area (TPSA) is 83.6 Å². The van der Waals surface area contributed by atoms with Gasteiger partial charge in [-0.3, -0.25) is 13.9 Å². The molecule has 1 fully saturated rings. The second-order valence-corrected chi connectivity index (χ2v) is 6.76. The smallest absolute Gasteiger partial charge is 0.284 e. The van der Waals surface area contributed by atoms with E-state index in [1.807, 2.05) is 33.8 Å². The molecular formula is C22H35F3N8O. The van der Waals surface area contributed by atoms with Crippen molar-refractivity contribution in [2.45, 2.75) is 34.1 Å². The number of piperazine rings is 1. The number of nitrogens with one attached hydrogen (secondary N) is 1. The summed E-state index contributed by atoms with van der Waals surface area (Å²) in [6.07, 6.45) is 1.67. The van der Waals surface area contributed by atoms with Crippen LogP contribution in [-0.4, -0.2) is 75.6 Å². The van der Waals surface area contributed by atoms with Crippen molar-refractivity contribution in [1.82, 2.24) is 29.3 Å².